The van der Waals surface area contributed by atoms with Crippen molar-refractivity contribution in [3.8, 4) is 0 Å². The number of aromatic nitrogens is 2. The van der Waals surface area contributed by atoms with Crippen molar-refractivity contribution in [3.63, 3.8) is 0 Å². The molecule has 1 aliphatic carbocycles. The van der Waals surface area contributed by atoms with E-state index in [4.69, 9.17) is 0 Å². The smallest absolute Gasteiger partial charge is 0.133 e. The van der Waals surface area contributed by atoms with Crippen LogP contribution in [0, 0.1) is 0 Å². The summed E-state index contributed by atoms with van der Waals surface area (Å²) in [4.78, 5) is 8.13. The molecule has 0 radical (unpaired) electrons. The fourth-order valence-corrected chi connectivity index (χ4v) is 1.25. The number of nitrogens with one attached hydrogen (secondary N) is 2. The number of hydrogen-bond donors (Lipinski definition) is 2. The van der Waals surface area contributed by atoms with Crippen LogP contribution in [0.5, 0.6) is 0 Å². The van der Waals surface area contributed by atoms with Crippen molar-refractivity contribution in [2.24, 2.45) is 0 Å². The molecule has 70 valence electrons. The molecule has 1 heterocycles. The van der Waals surface area contributed by atoms with Gasteiger partial charge in [-0.2, -0.15) is 0 Å². The second-order valence-corrected chi connectivity index (χ2v) is 3.30. The SMILES string of the molecule is CNc1ncncc1CNC1CC1. The zero-order valence-corrected chi connectivity index (χ0v) is 7.75. The molecule has 2 rings (SSSR count). The zero-order valence-electron chi connectivity index (χ0n) is 7.75. The van der Waals surface area contributed by atoms with Gasteiger partial charge in [-0.3, -0.25) is 0 Å². The second kappa shape index (κ2) is 3.70. The molecule has 0 saturated heterocycles. The van der Waals surface area contributed by atoms with Gasteiger partial charge in [0.2, 0.25) is 0 Å². The summed E-state index contributed by atoms with van der Waals surface area (Å²) < 4.78 is 0. The highest BCUT2D eigenvalue weighted by Gasteiger charge is 2.20. The average molecular weight is 178 g/mol. The summed E-state index contributed by atoms with van der Waals surface area (Å²) in [6.07, 6.45) is 6.03. The van der Waals surface area contributed by atoms with Gasteiger partial charge in [0.05, 0.1) is 0 Å². The molecule has 0 aromatic carbocycles. The van der Waals surface area contributed by atoms with Crippen LogP contribution in [0.1, 0.15) is 18.4 Å². The molecule has 13 heavy (non-hydrogen) atoms. The van der Waals surface area contributed by atoms with Gasteiger partial charge in [-0.1, -0.05) is 0 Å². The minimum Gasteiger partial charge on any atom is -0.373 e. The van der Waals surface area contributed by atoms with E-state index in [0.29, 0.717) is 0 Å². The Hall–Kier alpha value is -1.16. The van der Waals surface area contributed by atoms with E-state index in [1.54, 1.807) is 6.33 Å². The highest BCUT2D eigenvalue weighted by atomic mass is 15.0. The molecule has 1 aromatic heterocycles. The lowest BCUT2D eigenvalue weighted by molar-refractivity contribution is 0.684. The maximum atomic E-state index is 4.13. The van der Waals surface area contributed by atoms with Gasteiger partial charge in [-0.05, 0) is 12.8 Å². The van der Waals surface area contributed by atoms with Crippen molar-refractivity contribution in [2.45, 2.75) is 25.4 Å². The summed E-state index contributed by atoms with van der Waals surface area (Å²) in [6, 6.07) is 0.727. The lowest BCUT2D eigenvalue weighted by atomic mass is 10.3. The van der Waals surface area contributed by atoms with Crippen LogP contribution in [0.4, 0.5) is 5.82 Å². The number of nitrogens with zero attached hydrogens (tertiary/aromatic N) is 2. The van der Waals surface area contributed by atoms with E-state index in [2.05, 4.69) is 20.6 Å². The topological polar surface area (TPSA) is 49.8 Å². The largest absolute Gasteiger partial charge is 0.373 e. The fourth-order valence-electron chi connectivity index (χ4n) is 1.25. The minimum absolute atomic E-state index is 0.727. The van der Waals surface area contributed by atoms with Crippen LogP contribution in [0.25, 0.3) is 0 Å². The molecule has 1 aliphatic rings. The van der Waals surface area contributed by atoms with Gasteiger partial charge in [0.1, 0.15) is 12.1 Å². The first-order chi connectivity index (χ1) is 6.40. The molecule has 0 atom stereocenters. The molecule has 4 heteroatoms. The molecule has 4 nitrogen and oxygen atoms in total. The lowest BCUT2D eigenvalue weighted by Gasteiger charge is -2.06. The molecular formula is C9H14N4. The van der Waals surface area contributed by atoms with Crippen LogP contribution in [-0.4, -0.2) is 23.1 Å². The molecule has 0 spiro atoms. The van der Waals surface area contributed by atoms with E-state index in [0.717, 1.165) is 24.0 Å². The Labute approximate surface area is 77.8 Å². The van der Waals surface area contributed by atoms with Crippen LogP contribution >= 0.6 is 0 Å². The van der Waals surface area contributed by atoms with Crippen LogP contribution in [0.2, 0.25) is 0 Å². The van der Waals surface area contributed by atoms with Crippen LogP contribution in [0.3, 0.4) is 0 Å². The van der Waals surface area contributed by atoms with Crippen LogP contribution in [0.15, 0.2) is 12.5 Å². The molecule has 0 unspecified atom stereocenters. The van der Waals surface area contributed by atoms with Crippen molar-refractivity contribution in [1.29, 1.82) is 0 Å². The highest BCUT2D eigenvalue weighted by molar-refractivity contribution is 5.41. The fraction of sp³-hybridized carbons (Fsp3) is 0.556. The molecule has 1 fully saturated rings. The summed E-state index contributed by atoms with van der Waals surface area (Å²) >= 11 is 0. The lowest BCUT2D eigenvalue weighted by Crippen LogP contribution is -2.16. The van der Waals surface area contributed by atoms with Gasteiger partial charge in [0, 0.05) is 31.4 Å². The quantitative estimate of drug-likeness (QED) is 0.715. The van der Waals surface area contributed by atoms with E-state index < -0.39 is 0 Å². The predicted octanol–water partition coefficient (Wildman–Crippen LogP) is 0.770. The monoisotopic (exact) mass is 178 g/mol. The van der Waals surface area contributed by atoms with Crippen LogP contribution in [-0.2, 0) is 6.54 Å². The Morgan fingerprint density at radius 2 is 2.38 bits per heavy atom. The van der Waals surface area contributed by atoms with Crippen molar-refractivity contribution >= 4 is 5.82 Å². The molecule has 1 saturated carbocycles. The number of rotatable bonds is 4. The first kappa shape index (κ1) is 8.44. The third-order valence-electron chi connectivity index (χ3n) is 2.18. The number of hydrogen-bond acceptors (Lipinski definition) is 4. The molecule has 0 bridgehead atoms. The van der Waals surface area contributed by atoms with E-state index in [9.17, 15) is 0 Å². The van der Waals surface area contributed by atoms with Crippen molar-refractivity contribution in [3.05, 3.63) is 18.1 Å². The van der Waals surface area contributed by atoms with E-state index >= 15 is 0 Å². The molecule has 2 N–H and O–H groups in total. The summed E-state index contributed by atoms with van der Waals surface area (Å²) in [6.45, 7) is 0.863. The Kier molecular flexibility index (Phi) is 2.40. The third-order valence-corrected chi connectivity index (χ3v) is 2.18. The van der Waals surface area contributed by atoms with E-state index in [1.165, 1.54) is 12.8 Å². The summed E-state index contributed by atoms with van der Waals surface area (Å²) in [5, 5.41) is 6.48. The van der Waals surface area contributed by atoms with E-state index in [1.807, 2.05) is 13.2 Å². The first-order valence-electron chi connectivity index (χ1n) is 4.60. The van der Waals surface area contributed by atoms with Crippen molar-refractivity contribution in [2.75, 3.05) is 12.4 Å². The second-order valence-electron chi connectivity index (χ2n) is 3.30. The van der Waals surface area contributed by atoms with Gasteiger partial charge in [-0.15, -0.1) is 0 Å². The van der Waals surface area contributed by atoms with Gasteiger partial charge in [-0.25, -0.2) is 9.97 Å². The molecule has 1 aromatic rings. The normalized spacial score (nSPS) is 15.8. The first-order valence-corrected chi connectivity index (χ1v) is 4.60. The van der Waals surface area contributed by atoms with Crippen molar-refractivity contribution < 1.29 is 0 Å². The van der Waals surface area contributed by atoms with Gasteiger partial charge in [0.25, 0.3) is 0 Å². The maximum Gasteiger partial charge on any atom is 0.133 e. The maximum absolute atomic E-state index is 4.13. The Balaban J connectivity index is 1.99. The van der Waals surface area contributed by atoms with Crippen LogP contribution < -0.4 is 10.6 Å². The Morgan fingerprint density at radius 3 is 3.08 bits per heavy atom. The Morgan fingerprint density at radius 1 is 1.54 bits per heavy atom. The average Bonchev–Trinajstić information content (AvgIpc) is 2.99. The predicted molar refractivity (Wildman–Crippen MR) is 51.4 cm³/mol. The van der Waals surface area contributed by atoms with Crippen molar-refractivity contribution in [1.82, 2.24) is 15.3 Å². The third kappa shape index (κ3) is 2.15. The highest BCUT2D eigenvalue weighted by Crippen LogP contribution is 2.20. The van der Waals surface area contributed by atoms with Gasteiger partial charge >= 0.3 is 0 Å². The number of anilines is 1. The van der Waals surface area contributed by atoms with Gasteiger partial charge in [0.15, 0.2) is 0 Å². The Bertz CT molecular complexity index is 283. The zero-order chi connectivity index (χ0) is 9.10. The minimum atomic E-state index is 0.727. The molecular weight excluding hydrogens is 164 g/mol. The molecule has 0 amide bonds. The van der Waals surface area contributed by atoms with Gasteiger partial charge < -0.3 is 10.6 Å². The summed E-state index contributed by atoms with van der Waals surface area (Å²) in [7, 11) is 1.88. The summed E-state index contributed by atoms with van der Waals surface area (Å²) in [5.41, 5.74) is 1.14. The molecule has 0 aliphatic heterocycles. The van der Waals surface area contributed by atoms with E-state index in [-0.39, 0.29) is 0 Å². The standard InChI is InChI=1S/C9H14N4/c1-10-9-7(4-11-6-13-9)5-12-8-2-3-8/h4,6,8,12H,2-3,5H2,1H3,(H,10,11,13). The summed E-state index contributed by atoms with van der Waals surface area (Å²) in [5.74, 6) is 0.920.